The molecule has 0 heterocycles. The van der Waals surface area contributed by atoms with Gasteiger partial charge in [-0.05, 0) is 58.5 Å². The van der Waals surface area contributed by atoms with E-state index in [9.17, 15) is 9.18 Å². The maximum atomic E-state index is 13.4. The monoisotopic (exact) mass is 445 g/mol. The van der Waals surface area contributed by atoms with E-state index >= 15 is 0 Å². The number of nitrogens with one attached hydrogen (secondary N) is 1. The third kappa shape index (κ3) is 6.78. The average Bonchev–Trinajstić information content (AvgIpc) is 2.55. The van der Waals surface area contributed by atoms with Crippen molar-refractivity contribution in [3.05, 3.63) is 63.5 Å². The van der Waals surface area contributed by atoms with E-state index in [1.807, 2.05) is 30.3 Å². The van der Waals surface area contributed by atoms with Crippen LogP contribution in [0.15, 0.2) is 48.5 Å². The number of carbonyl (C=O) groups is 1. The summed E-state index contributed by atoms with van der Waals surface area (Å²) in [7, 11) is 0. The molecule has 0 saturated carbocycles. The lowest BCUT2D eigenvalue weighted by atomic mass is 10.2. The lowest BCUT2D eigenvalue weighted by molar-refractivity contribution is -0.122. The third-order valence-corrected chi connectivity index (χ3v) is 4.69. The smallest absolute Gasteiger partial charge is 0.257 e. The molecule has 1 N–H and O–H groups in total. The van der Waals surface area contributed by atoms with Gasteiger partial charge in [-0.2, -0.15) is 11.8 Å². The number of rotatable bonds is 8. The third-order valence-electron chi connectivity index (χ3n) is 2.97. The van der Waals surface area contributed by atoms with Crippen molar-refractivity contribution in [2.45, 2.75) is 5.75 Å². The molecule has 0 radical (unpaired) electrons. The molecule has 0 aromatic heterocycles. The number of carbonyl (C=O) groups excluding carboxylic acids is 1. The van der Waals surface area contributed by atoms with Gasteiger partial charge in [-0.25, -0.2) is 4.39 Å². The maximum absolute atomic E-state index is 13.4. The predicted molar refractivity (Wildman–Crippen MR) is 100 cm³/mol. The summed E-state index contributed by atoms with van der Waals surface area (Å²) in [5.41, 5.74) is 0.686. The number of benzene rings is 2. The second-order valence-electron chi connectivity index (χ2n) is 4.74. The molecule has 2 aromatic rings. The fraction of sp³-hybridized carbons (Fsp3) is 0.235. The van der Waals surface area contributed by atoms with Gasteiger partial charge in [0.05, 0.1) is 0 Å². The van der Waals surface area contributed by atoms with Crippen molar-refractivity contribution < 1.29 is 13.9 Å². The van der Waals surface area contributed by atoms with E-state index in [0.717, 1.165) is 9.32 Å². The minimum atomic E-state index is -0.185. The molecule has 0 unspecified atom stereocenters. The van der Waals surface area contributed by atoms with Crippen LogP contribution in [0.25, 0.3) is 0 Å². The first-order chi connectivity index (χ1) is 11.1. The summed E-state index contributed by atoms with van der Waals surface area (Å²) in [6.07, 6.45) is 0. The van der Waals surface area contributed by atoms with Crippen molar-refractivity contribution >= 4 is 40.3 Å². The molecule has 0 saturated heterocycles. The van der Waals surface area contributed by atoms with Gasteiger partial charge in [-0.15, -0.1) is 0 Å². The summed E-state index contributed by atoms with van der Waals surface area (Å²) >= 11 is 3.79. The molecule has 122 valence electrons. The highest BCUT2D eigenvalue weighted by molar-refractivity contribution is 14.1. The first kappa shape index (κ1) is 18.1. The van der Waals surface area contributed by atoms with Crippen molar-refractivity contribution in [3.8, 4) is 5.75 Å². The first-order valence-corrected chi connectivity index (χ1v) is 9.35. The van der Waals surface area contributed by atoms with Crippen molar-refractivity contribution in [2.24, 2.45) is 0 Å². The van der Waals surface area contributed by atoms with Gasteiger partial charge in [-0.1, -0.05) is 18.2 Å². The number of ether oxygens (including phenoxy) is 1. The Bertz CT molecular complexity index is 637. The van der Waals surface area contributed by atoms with Gasteiger partial charge < -0.3 is 10.1 Å². The van der Waals surface area contributed by atoms with Gasteiger partial charge in [0.15, 0.2) is 6.61 Å². The Balaban J connectivity index is 1.58. The molecule has 0 aliphatic rings. The first-order valence-electron chi connectivity index (χ1n) is 7.11. The summed E-state index contributed by atoms with van der Waals surface area (Å²) in [5, 5.41) is 2.79. The van der Waals surface area contributed by atoms with E-state index in [0.29, 0.717) is 23.6 Å². The summed E-state index contributed by atoms with van der Waals surface area (Å²) in [6.45, 7) is 0.534. The molecule has 2 aromatic carbocycles. The summed E-state index contributed by atoms with van der Waals surface area (Å²) in [4.78, 5) is 11.7. The molecular formula is C17H17FINO2S. The normalized spacial score (nSPS) is 10.3. The topological polar surface area (TPSA) is 38.3 Å². The standard InChI is InChI=1S/C17H17FINO2S/c18-16-4-2-1-3-13(16)12-23-10-9-20-17(21)11-22-15-7-5-14(19)6-8-15/h1-8H,9-12H2,(H,20,21). The molecule has 6 heteroatoms. The van der Waals surface area contributed by atoms with Crippen LogP contribution in [0.5, 0.6) is 5.75 Å². The summed E-state index contributed by atoms with van der Waals surface area (Å²) < 4.78 is 19.9. The molecule has 2 rings (SSSR count). The second kappa shape index (κ2) is 9.77. The van der Waals surface area contributed by atoms with Gasteiger partial charge >= 0.3 is 0 Å². The van der Waals surface area contributed by atoms with Gasteiger partial charge in [-0.3, -0.25) is 4.79 Å². The fourth-order valence-electron chi connectivity index (χ4n) is 1.79. The quantitative estimate of drug-likeness (QED) is 0.496. The van der Waals surface area contributed by atoms with Crippen LogP contribution >= 0.6 is 34.4 Å². The number of amides is 1. The van der Waals surface area contributed by atoms with Crippen molar-refractivity contribution in [1.29, 1.82) is 0 Å². The Morgan fingerprint density at radius 2 is 1.91 bits per heavy atom. The Morgan fingerprint density at radius 1 is 1.17 bits per heavy atom. The van der Waals surface area contributed by atoms with E-state index in [2.05, 4.69) is 27.9 Å². The van der Waals surface area contributed by atoms with E-state index in [4.69, 9.17) is 4.74 Å². The van der Waals surface area contributed by atoms with Crippen LogP contribution in [-0.2, 0) is 10.5 Å². The summed E-state index contributed by atoms with van der Waals surface area (Å²) in [6, 6.07) is 14.2. The minimum absolute atomic E-state index is 0.00142. The highest BCUT2D eigenvalue weighted by Crippen LogP contribution is 2.15. The number of hydrogen-bond donors (Lipinski definition) is 1. The largest absolute Gasteiger partial charge is 0.484 e. The second-order valence-corrected chi connectivity index (χ2v) is 7.09. The highest BCUT2D eigenvalue weighted by atomic mass is 127. The lowest BCUT2D eigenvalue weighted by Gasteiger charge is -2.08. The molecule has 1 amide bonds. The van der Waals surface area contributed by atoms with Crippen LogP contribution in [0.4, 0.5) is 4.39 Å². The van der Waals surface area contributed by atoms with Crippen molar-refractivity contribution in [2.75, 3.05) is 18.9 Å². The Labute approximate surface area is 153 Å². The van der Waals surface area contributed by atoms with E-state index in [1.165, 1.54) is 6.07 Å². The SMILES string of the molecule is O=C(COc1ccc(I)cc1)NCCSCc1ccccc1F. The van der Waals surface area contributed by atoms with Crippen LogP contribution in [0.2, 0.25) is 0 Å². The van der Waals surface area contributed by atoms with E-state index in [1.54, 1.807) is 23.9 Å². The average molecular weight is 445 g/mol. The van der Waals surface area contributed by atoms with Crippen LogP contribution < -0.4 is 10.1 Å². The Hall–Kier alpha value is -1.28. The van der Waals surface area contributed by atoms with Crippen molar-refractivity contribution in [3.63, 3.8) is 0 Å². The van der Waals surface area contributed by atoms with Gasteiger partial charge in [0.25, 0.3) is 5.91 Å². The molecule has 0 atom stereocenters. The van der Waals surface area contributed by atoms with Crippen LogP contribution in [0.1, 0.15) is 5.56 Å². The van der Waals surface area contributed by atoms with Crippen molar-refractivity contribution in [1.82, 2.24) is 5.32 Å². The Morgan fingerprint density at radius 3 is 2.65 bits per heavy atom. The minimum Gasteiger partial charge on any atom is -0.484 e. The molecule has 0 bridgehead atoms. The van der Waals surface area contributed by atoms with Crippen LogP contribution in [0.3, 0.4) is 0 Å². The fourth-order valence-corrected chi connectivity index (χ4v) is 3.00. The highest BCUT2D eigenvalue weighted by Gasteiger charge is 2.03. The van der Waals surface area contributed by atoms with E-state index in [-0.39, 0.29) is 18.3 Å². The van der Waals surface area contributed by atoms with E-state index < -0.39 is 0 Å². The van der Waals surface area contributed by atoms with Crippen LogP contribution in [0, 0.1) is 9.39 Å². The summed E-state index contributed by atoms with van der Waals surface area (Å²) in [5.74, 6) is 1.66. The number of halogens is 2. The van der Waals surface area contributed by atoms with Gasteiger partial charge in [0.2, 0.25) is 0 Å². The molecule has 3 nitrogen and oxygen atoms in total. The molecular weight excluding hydrogens is 428 g/mol. The molecule has 0 aliphatic carbocycles. The molecule has 0 spiro atoms. The van der Waals surface area contributed by atoms with Crippen LogP contribution in [-0.4, -0.2) is 24.8 Å². The maximum Gasteiger partial charge on any atom is 0.257 e. The number of hydrogen-bond acceptors (Lipinski definition) is 3. The Kier molecular flexibility index (Phi) is 7.67. The molecule has 0 aliphatic heterocycles. The van der Waals surface area contributed by atoms with Gasteiger partial charge in [0, 0.05) is 21.6 Å². The zero-order chi connectivity index (χ0) is 16.5. The zero-order valence-corrected chi connectivity index (χ0v) is 15.4. The zero-order valence-electron chi connectivity index (χ0n) is 12.4. The predicted octanol–water partition coefficient (Wildman–Crippen LogP) is 3.86. The molecule has 23 heavy (non-hydrogen) atoms. The van der Waals surface area contributed by atoms with Gasteiger partial charge in [0.1, 0.15) is 11.6 Å². The number of thioether (sulfide) groups is 1. The molecule has 0 fully saturated rings. The lowest BCUT2D eigenvalue weighted by Crippen LogP contribution is -2.30.